The van der Waals surface area contributed by atoms with Gasteiger partial charge in [0.25, 0.3) is 0 Å². The van der Waals surface area contributed by atoms with Crippen LogP contribution in [0, 0.1) is 0 Å². The van der Waals surface area contributed by atoms with Crippen LogP contribution < -0.4 is 16.7 Å². The third-order valence-corrected chi connectivity index (χ3v) is 5.17. The average Bonchev–Trinajstić information content (AvgIpc) is 2.92. The smallest absolute Gasteiger partial charge is 0.328 e. The molecule has 0 saturated carbocycles. The lowest BCUT2D eigenvalue weighted by atomic mass is 10.1. The SMILES string of the molecule is CCCCNc1nc(N)c2[nH]c(=O)n(CC3=CC(P(O)O)CC=C3)c2n1. The lowest BCUT2D eigenvalue weighted by Crippen LogP contribution is -2.19. The number of rotatable bonds is 7. The monoisotopic (exact) mass is 378 g/mol. The number of nitrogens with two attached hydrogens (primary N) is 1. The molecule has 3 rings (SSSR count). The second-order valence-electron chi connectivity index (χ2n) is 6.20. The maximum atomic E-state index is 12.4. The number of anilines is 2. The van der Waals surface area contributed by atoms with Crippen LogP contribution in [0.25, 0.3) is 11.2 Å². The highest BCUT2D eigenvalue weighted by Crippen LogP contribution is 2.37. The molecule has 0 aromatic carbocycles. The van der Waals surface area contributed by atoms with Crippen molar-refractivity contribution in [2.24, 2.45) is 0 Å². The van der Waals surface area contributed by atoms with Crippen LogP contribution in [0.15, 0.2) is 28.6 Å². The highest BCUT2D eigenvalue weighted by Gasteiger charge is 2.19. The van der Waals surface area contributed by atoms with Gasteiger partial charge in [-0.05, 0) is 18.4 Å². The summed E-state index contributed by atoms with van der Waals surface area (Å²) < 4.78 is 1.48. The summed E-state index contributed by atoms with van der Waals surface area (Å²) in [4.78, 5) is 42.6. The Morgan fingerprint density at radius 3 is 3.00 bits per heavy atom. The van der Waals surface area contributed by atoms with Gasteiger partial charge < -0.3 is 25.8 Å². The van der Waals surface area contributed by atoms with E-state index >= 15 is 0 Å². The summed E-state index contributed by atoms with van der Waals surface area (Å²) in [7, 11) is -2.05. The second-order valence-corrected chi connectivity index (χ2v) is 7.50. The van der Waals surface area contributed by atoms with Gasteiger partial charge in [0.05, 0.1) is 12.2 Å². The molecule has 0 aliphatic heterocycles. The van der Waals surface area contributed by atoms with Crippen LogP contribution in [0.2, 0.25) is 0 Å². The first kappa shape index (κ1) is 18.6. The summed E-state index contributed by atoms with van der Waals surface area (Å²) in [5, 5.41) is 3.12. The second kappa shape index (κ2) is 7.99. The molecule has 140 valence electrons. The van der Waals surface area contributed by atoms with Gasteiger partial charge in [0.15, 0.2) is 19.8 Å². The number of nitrogens with zero attached hydrogens (tertiary/aromatic N) is 3. The van der Waals surface area contributed by atoms with E-state index in [0.29, 0.717) is 23.5 Å². The molecular formula is C16H23N6O3P. The summed E-state index contributed by atoms with van der Waals surface area (Å²) >= 11 is 0. The van der Waals surface area contributed by atoms with Crippen molar-refractivity contribution in [3.63, 3.8) is 0 Å². The highest BCUT2D eigenvalue weighted by molar-refractivity contribution is 7.46. The van der Waals surface area contributed by atoms with Crippen LogP contribution in [0.1, 0.15) is 26.2 Å². The predicted octanol–water partition coefficient (Wildman–Crippen LogP) is 1.47. The van der Waals surface area contributed by atoms with Crippen LogP contribution >= 0.6 is 8.38 Å². The van der Waals surface area contributed by atoms with E-state index in [1.807, 2.05) is 12.2 Å². The maximum Gasteiger partial charge on any atom is 0.328 e. The molecule has 26 heavy (non-hydrogen) atoms. The van der Waals surface area contributed by atoms with Gasteiger partial charge in [0.2, 0.25) is 5.95 Å². The summed E-state index contributed by atoms with van der Waals surface area (Å²) in [6, 6.07) is 0. The third kappa shape index (κ3) is 3.95. The Bertz CT molecular complexity index is 901. The normalized spacial score (nSPS) is 17.1. The number of nitrogen functional groups attached to an aromatic ring is 1. The Morgan fingerprint density at radius 2 is 2.27 bits per heavy atom. The largest absolute Gasteiger partial charge is 0.382 e. The van der Waals surface area contributed by atoms with Gasteiger partial charge in [-0.1, -0.05) is 31.6 Å². The molecule has 9 nitrogen and oxygen atoms in total. The first-order valence-electron chi connectivity index (χ1n) is 8.53. The fraction of sp³-hybridized carbons (Fsp3) is 0.438. The highest BCUT2D eigenvalue weighted by atomic mass is 31.2. The molecule has 0 bridgehead atoms. The standard InChI is InChI=1S/C16H23N6O3P/c1-2-3-7-18-15-20-13(17)12-14(21-15)22(16(23)19-12)9-10-5-4-6-11(8-10)26(24)25/h4-5,8,11,24-25H,2-3,6-7,9H2,1H3,(H,19,23)(H3,17,18,20,21). The van der Waals surface area contributed by atoms with E-state index < -0.39 is 8.38 Å². The van der Waals surface area contributed by atoms with E-state index in [0.717, 1.165) is 25.0 Å². The van der Waals surface area contributed by atoms with Crippen molar-refractivity contribution >= 4 is 31.3 Å². The van der Waals surface area contributed by atoms with Crippen LogP contribution in [-0.2, 0) is 6.54 Å². The Balaban J connectivity index is 1.93. The molecule has 2 aromatic rings. The Morgan fingerprint density at radius 1 is 1.46 bits per heavy atom. The quantitative estimate of drug-likeness (QED) is 0.363. The van der Waals surface area contributed by atoms with Crippen molar-refractivity contribution < 1.29 is 9.79 Å². The molecule has 0 fully saturated rings. The number of unbranched alkanes of at least 4 members (excludes halogenated alkanes) is 1. The lowest BCUT2D eigenvalue weighted by Gasteiger charge is -2.17. The fourth-order valence-electron chi connectivity index (χ4n) is 2.83. The first-order chi connectivity index (χ1) is 12.5. The van der Waals surface area contributed by atoms with E-state index in [2.05, 4.69) is 27.2 Å². The molecule has 0 amide bonds. The van der Waals surface area contributed by atoms with Crippen molar-refractivity contribution in [2.45, 2.75) is 38.4 Å². The minimum atomic E-state index is -2.05. The van der Waals surface area contributed by atoms with Gasteiger partial charge >= 0.3 is 5.69 Å². The van der Waals surface area contributed by atoms with Gasteiger partial charge in [-0.3, -0.25) is 4.57 Å². The summed E-state index contributed by atoms with van der Waals surface area (Å²) in [5.41, 5.74) is 6.96. The molecule has 6 N–H and O–H groups in total. The summed E-state index contributed by atoms with van der Waals surface area (Å²) in [6.07, 6.45) is 8.15. The Kier molecular flexibility index (Phi) is 5.70. The lowest BCUT2D eigenvalue weighted by molar-refractivity contribution is 0.472. The van der Waals surface area contributed by atoms with Crippen LogP contribution in [-0.4, -0.2) is 41.5 Å². The molecule has 10 heteroatoms. The van der Waals surface area contributed by atoms with Gasteiger partial charge in [-0.2, -0.15) is 9.97 Å². The number of hydrogen-bond donors (Lipinski definition) is 5. The molecule has 0 radical (unpaired) electrons. The van der Waals surface area contributed by atoms with Crippen molar-refractivity contribution in [3.8, 4) is 0 Å². The van der Waals surface area contributed by atoms with Crippen LogP contribution in [0.5, 0.6) is 0 Å². The zero-order valence-electron chi connectivity index (χ0n) is 14.5. The van der Waals surface area contributed by atoms with Gasteiger partial charge in [0, 0.05) is 6.54 Å². The van der Waals surface area contributed by atoms with E-state index in [-0.39, 0.29) is 23.7 Å². The molecular weight excluding hydrogens is 355 g/mol. The van der Waals surface area contributed by atoms with E-state index in [9.17, 15) is 14.6 Å². The molecule has 1 aliphatic rings. The maximum absolute atomic E-state index is 12.4. The number of aromatic nitrogens is 4. The molecule has 2 heterocycles. The molecule has 1 aliphatic carbocycles. The van der Waals surface area contributed by atoms with E-state index in [1.165, 1.54) is 4.57 Å². The zero-order valence-corrected chi connectivity index (χ0v) is 15.4. The fourth-order valence-corrected chi connectivity index (χ4v) is 3.47. The minimum Gasteiger partial charge on any atom is -0.382 e. The average molecular weight is 378 g/mol. The predicted molar refractivity (Wildman–Crippen MR) is 103 cm³/mol. The number of imidazole rings is 1. The number of H-pyrrole nitrogens is 1. The molecule has 0 saturated heterocycles. The topological polar surface area (TPSA) is 142 Å². The Hall–Kier alpha value is -2.22. The van der Waals surface area contributed by atoms with E-state index in [4.69, 9.17) is 5.73 Å². The molecule has 1 unspecified atom stereocenters. The van der Waals surface area contributed by atoms with Crippen molar-refractivity contribution in [2.75, 3.05) is 17.6 Å². The van der Waals surface area contributed by atoms with E-state index in [1.54, 1.807) is 6.08 Å². The van der Waals surface area contributed by atoms with Gasteiger partial charge in [-0.15, -0.1) is 0 Å². The van der Waals surface area contributed by atoms with Crippen LogP contribution in [0.4, 0.5) is 11.8 Å². The zero-order chi connectivity index (χ0) is 18.7. The van der Waals surface area contributed by atoms with Crippen molar-refractivity contribution in [3.05, 3.63) is 34.3 Å². The third-order valence-electron chi connectivity index (χ3n) is 4.22. The van der Waals surface area contributed by atoms with Crippen molar-refractivity contribution in [1.82, 2.24) is 19.5 Å². The number of allylic oxidation sites excluding steroid dienone is 4. The first-order valence-corrected chi connectivity index (χ1v) is 9.85. The van der Waals surface area contributed by atoms with Crippen LogP contribution in [0.3, 0.4) is 0 Å². The minimum absolute atomic E-state index is 0.213. The number of fused-ring (bicyclic) bond motifs is 1. The number of nitrogens with one attached hydrogen (secondary N) is 2. The van der Waals surface area contributed by atoms with Gasteiger partial charge in [0.1, 0.15) is 5.52 Å². The summed E-state index contributed by atoms with van der Waals surface area (Å²) in [5.74, 6) is 0.599. The molecule has 2 aromatic heterocycles. The Labute approximate surface area is 151 Å². The van der Waals surface area contributed by atoms with Gasteiger partial charge in [-0.25, -0.2) is 4.79 Å². The van der Waals surface area contributed by atoms with Crippen molar-refractivity contribution in [1.29, 1.82) is 0 Å². The number of aromatic amines is 1. The number of hydrogen-bond acceptors (Lipinski definition) is 7. The molecule has 1 atom stereocenters. The molecule has 0 spiro atoms. The summed E-state index contributed by atoms with van der Waals surface area (Å²) in [6.45, 7) is 3.08.